The number of anilines is 1. The summed E-state index contributed by atoms with van der Waals surface area (Å²) in [5.74, 6) is 1.08. The van der Waals surface area contributed by atoms with Crippen molar-refractivity contribution < 1.29 is 4.79 Å². The maximum absolute atomic E-state index is 12.5. The van der Waals surface area contributed by atoms with E-state index in [1.54, 1.807) is 0 Å². The van der Waals surface area contributed by atoms with Crippen LogP contribution in [0, 0.1) is 24.2 Å². The summed E-state index contributed by atoms with van der Waals surface area (Å²) in [6.45, 7) is 8.96. The highest BCUT2D eigenvalue weighted by atomic mass is 79.9. The Hall–Kier alpha value is -0.830. The average molecular weight is 352 g/mol. The van der Waals surface area contributed by atoms with Crippen LogP contribution in [0.3, 0.4) is 0 Å². The molecule has 1 aliphatic carbocycles. The smallest absolute Gasteiger partial charge is 0.227 e. The van der Waals surface area contributed by atoms with E-state index in [4.69, 9.17) is 0 Å². The van der Waals surface area contributed by atoms with Crippen LogP contribution in [0.15, 0.2) is 22.7 Å². The molecule has 0 spiro atoms. The molecular weight excluding hydrogens is 326 g/mol. The van der Waals surface area contributed by atoms with Crippen LogP contribution in [0.2, 0.25) is 0 Å². The Kier molecular flexibility index (Phi) is 5.13. The van der Waals surface area contributed by atoms with Crippen LogP contribution in [-0.4, -0.2) is 5.91 Å². The van der Waals surface area contributed by atoms with Crippen molar-refractivity contribution in [1.82, 2.24) is 0 Å². The summed E-state index contributed by atoms with van der Waals surface area (Å²) in [6, 6.07) is 5.97. The number of hydrogen-bond acceptors (Lipinski definition) is 1. The highest BCUT2D eigenvalue weighted by molar-refractivity contribution is 9.10. The van der Waals surface area contributed by atoms with E-state index in [-0.39, 0.29) is 11.8 Å². The van der Waals surface area contributed by atoms with Gasteiger partial charge in [-0.15, -0.1) is 0 Å². The lowest BCUT2D eigenvalue weighted by atomic mass is 9.69. The third-order valence-corrected chi connectivity index (χ3v) is 5.82. The summed E-state index contributed by atoms with van der Waals surface area (Å²) < 4.78 is 0.988. The minimum absolute atomic E-state index is 0.163. The number of amides is 1. The molecule has 116 valence electrons. The molecule has 1 amide bonds. The maximum atomic E-state index is 12.5. The van der Waals surface area contributed by atoms with E-state index in [2.05, 4.69) is 42.0 Å². The fraction of sp³-hybridized carbons (Fsp3) is 0.611. The second-order valence-corrected chi connectivity index (χ2v) is 8.13. The first-order valence-electron chi connectivity index (χ1n) is 7.85. The van der Waals surface area contributed by atoms with Gasteiger partial charge in [-0.3, -0.25) is 4.79 Å². The Labute approximate surface area is 136 Å². The summed E-state index contributed by atoms with van der Waals surface area (Å²) >= 11 is 3.55. The molecule has 0 heterocycles. The zero-order valence-electron chi connectivity index (χ0n) is 13.5. The van der Waals surface area contributed by atoms with Crippen molar-refractivity contribution in [2.75, 3.05) is 5.32 Å². The van der Waals surface area contributed by atoms with E-state index in [0.29, 0.717) is 5.41 Å². The van der Waals surface area contributed by atoms with Crippen LogP contribution in [0.4, 0.5) is 5.69 Å². The Morgan fingerprint density at radius 2 is 1.81 bits per heavy atom. The number of carbonyl (C=O) groups is 1. The quantitative estimate of drug-likeness (QED) is 0.743. The molecule has 21 heavy (non-hydrogen) atoms. The molecule has 1 aromatic carbocycles. The molecule has 0 unspecified atom stereocenters. The minimum atomic E-state index is 0.163. The fourth-order valence-corrected chi connectivity index (χ4v) is 3.56. The van der Waals surface area contributed by atoms with Crippen molar-refractivity contribution in [1.29, 1.82) is 0 Å². The third-order valence-electron chi connectivity index (χ3n) is 4.77. The summed E-state index contributed by atoms with van der Waals surface area (Å²) in [5, 5.41) is 3.09. The van der Waals surface area contributed by atoms with Gasteiger partial charge in [-0.2, -0.15) is 0 Å². The Balaban J connectivity index is 1.95. The number of carbonyl (C=O) groups excluding carboxylic acids is 1. The fourth-order valence-electron chi connectivity index (χ4n) is 3.20. The van der Waals surface area contributed by atoms with Gasteiger partial charge >= 0.3 is 0 Å². The second-order valence-electron chi connectivity index (χ2n) is 7.34. The van der Waals surface area contributed by atoms with E-state index in [1.165, 1.54) is 0 Å². The Morgan fingerprint density at radius 1 is 1.19 bits per heavy atom. The zero-order chi connectivity index (χ0) is 15.6. The molecule has 1 aromatic rings. The van der Waals surface area contributed by atoms with Crippen LogP contribution in [0.1, 0.15) is 52.0 Å². The molecule has 1 N–H and O–H groups in total. The summed E-state index contributed by atoms with van der Waals surface area (Å²) in [6.07, 6.45) is 4.35. The van der Waals surface area contributed by atoms with Crippen molar-refractivity contribution in [2.45, 2.75) is 53.4 Å². The first kappa shape index (κ1) is 16.5. The molecule has 0 bridgehead atoms. The van der Waals surface area contributed by atoms with Crippen molar-refractivity contribution in [3.8, 4) is 0 Å². The molecule has 0 aromatic heterocycles. The largest absolute Gasteiger partial charge is 0.325 e. The van der Waals surface area contributed by atoms with Crippen molar-refractivity contribution in [2.24, 2.45) is 17.3 Å². The van der Waals surface area contributed by atoms with Crippen LogP contribution in [0.25, 0.3) is 0 Å². The molecule has 0 saturated heterocycles. The molecule has 0 radical (unpaired) electrons. The maximum Gasteiger partial charge on any atom is 0.227 e. The van der Waals surface area contributed by atoms with Gasteiger partial charge in [-0.25, -0.2) is 0 Å². The molecule has 2 rings (SSSR count). The minimum Gasteiger partial charge on any atom is -0.325 e. The zero-order valence-corrected chi connectivity index (χ0v) is 15.1. The molecule has 3 heteroatoms. The number of nitrogens with one attached hydrogen (secondary N) is 1. The van der Waals surface area contributed by atoms with E-state index >= 15 is 0 Å². The number of benzene rings is 1. The van der Waals surface area contributed by atoms with Crippen LogP contribution >= 0.6 is 15.9 Å². The first-order valence-corrected chi connectivity index (χ1v) is 8.64. The lowest BCUT2D eigenvalue weighted by Crippen LogP contribution is -2.31. The summed E-state index contributed by atoms with van der Waals surface area (Å²) in [7, 11) is 0. The van der Waals surface area contributed by atoms with Gasteiger partial charge in [0, 0.05) is 10.4 Å². The molecule has 1 saturated carbocycles. The van der Waals surface area contributed by atoms with Gasteiger partial charge in [-0.05, 0) is 71.5 Å². The number of aryl methyl sites for hydroxylation is 1. The molecule has 1 fully saturated rings. The third kappa shape index (κ3) is 4.09. The lowest BCUT2D eigenvalue weighted by Gasteiger charge is -2.36. The molecular formula is C18H26BrNO. The topological polar surface area (TPSA) is 29.1 Å². The molecule has 0 aliphatic heterocycles. The van der Waals surface area contributed by atoms with Gasteiger partial charge in [0.1, 0.15) is 0 Å². The van der Waals surface area contributed by atoms with Gasteiger partial charge in [0.25, 0.3) is 0 Å². The average Bonchev–Trinajstić information content (AvgIpc) is 2.43. The van der Waals surface area contributed by atoms with Gasteiger partial charge in [0.15, 0.2) is 0 Å². The Bertz CT molecular complexity index is 510. The Morgan fingerprint density at radius 3 is 2.38 bits per heavy atom. The highest BCUT2D eigenvalue weighted by Crippen LogP contribution is 2.40. The molecule has 1 aliphatic rings. The summed E-state index contributed by atoms with van der Waals surface area (Å²) in [4.78, 5) is 12.5. The monoisotopic (exact) mass is 351 g/mol. The SMILES string of the molecule is Cc1cccc(NC(=O)C2CCC(C(C)(C)C)CC2)c1Br. The number of halogens is 1. The second kappa shape index (κ2) is 6.51. The van der Waals surface area contributed by atoms with Crippen molar-refractivity contribution >= 4 is 27.5 Å². The van der Waals surface area contributed by atoms with Gasteiger partial charge in [0.2, 0.25) is 5.91 Å². The normalized spacial score (nSPS) is 22.9. The van der Waals surface area contributed by atoms with Gasteiger partial charge in [0.05, 0.1) is 5.69 Å². The standard InChI is InChI=1S/C18H26BrNO/c1-12-6-5-7-15(16(12)19)20-17(21)13-8-10-14(11-9-13)18(2,3)4/h5-7,13-14H,8-11H2,1-4H3,(H,20,21). The van der Waals surface area contributed by atoms with E-state index < -0.39 is 0 Å². The van der Waals surface area contributed by atoms with Gasteiger partial charge < -0.3 is 5.32 Å². The summed E-state index contributed by atoms with van der Waals surface area (Å²) in [5.41, 5.74) is 2.39. The van der Waals surface area contributed by atoms with Gasteiger partial charge in [-0.1, -0.05) is 32.9 Å². The molecule has 2 nitrogen and oxygen atoms in total. The predicted molar refractivity (Wildman–Crippen MR) is 92.4 cm³/mol. The van der Waals surface area contributed by atoms with Crippen LogP contribution in [-0.2, 0) is 4.79 Å². The van der Waals surface area contributed by atoms with E-state index in [9.17, 15) is 4.79 Å². The lowest BCUT2D eigenvalue weighted by molar-refractivity contribution is -0.121. The van der Waals surface area contributed by atoms with Crippen molar-refractivity contribution in [3.63, 3.8) is 0 Å². The number of hydrogen-bond donors (Lipinski definition) is 1. The van der Waals surface area contributed by atoms with Crippen LogP contribution in [0.5, 0.6) is 0 Å². The highest BCUT2D eigenvalue weighted by Gasteiger charge is 2.32. The number of rotatable bonds is 2. The van der Waals surface area contributed by atoms with Crippen LogP contribution < -0.4 is 5.32 Å². The molecule has 0 atom stereocenters. The van der Waals surface area contributed by atoms with Crippen molar-refractivity contribution in [3.05, 3.63) is 28.2 Å². The van der Waals surface area contributed by atoms with E-state index in [1.807, 2.05) is 25.1 Å². The van der Waals surface area contributed by atoms with E-state index in [0.717, 1.165) is 47.3 Å². The predicted octanol–water partition coefficient (Wildman–Crippen LogP) is 5.55. The first-order chi connectivity index (χ1) is 9.79.